The summed E-state index contributed by atoms with van der Waals surface area (Å²) < 4.78 is 19.3. The van der Waals surface area contributed by atoms with E-state index in [2.05, 4.69) is 11.2 Å². The Morgan fingerprint density at radius 2 is 2.00 bits per heavy atom. The Morgan fingerprint density at radius 3 is 2.64 bits per heavy atom. The van der Waals surface area contributed by atoms with Gasteiger partial charge in [0.25, 0.3) is 0 Å². The molecule has 1 heterocycles. The number of benzene rings is 1. The highest BCUT2D eigenvalue weighted by Crippen LogP contribution is 2.43. The van der Waals surface area contributed by atoms with Crippen LogP contribution in [0.15, 0.2) is 54.1 Å². The molecule has 0 spiro atoms. The van der Waals surface area contributed by atoms with Gasteiger partial charge in [-0.25, -0.2) is 0 Å². The second-order valence-corrected chi connectivity index (χ2v) is 9.84. The van der Waals surface area contributed by atoms with E-state index in [9.17, 15) is 14.9 Å². The third kappa shape index (κ3) is 3.49. The molecule has 1 aromatic carbocycles. The normalized spacial score (nSPS) is 32.8. The van der Waals surface area contributed by atoms with Crippen molar-refractivity contribution in [3.05, 3.63) is 54.1 Å². The zero-order valence-corrected chi connectivity index (χ0v) is 15.5. The summed E-state index contributed by atoms with van der Waals surface area (Å²) in [5.41, 5.74) is -0.271. The number of nitriles is 1. The van der Waals surface area contributed by atoms with Gasteiger partial charge >= 0.3 is 0 Å². The maximum atomic E-state index is 13.3. The maximum Gasteiger partial charge on any atom is 0.173 e. The highest BCUT2D eigenvalue weighted by Gasteiger charge is 2.49. The molecule has 1 fully saturated rings. The number of nitrogens with one attached hydrogen (secondary N) is 1. The summed E-state index contributed by atoms with van der Waals surface area (Å²) in [6.45, 7) is 5.31. The van der Waals surface area contributed by atoms with Crippen molar-refractivity contribution in [3.63, 3.8) is 0 Å². The lowest BCUT2D eigenvalue weighted by Crippen LogP contribution is -2.63. The van der Waals surface area contributed by atoms with Gasteiger partial charge in [0.05, 0.1) is 29.9 Å². The van der Waals surface area contributed by atoms with Crippen molar-refractivity contribution in [2.45, 2.75) is 37.7 Å². The first-order chi connectivity index (χ1) is 11.7. The van der Waals surface area contributed by atoms with Crippen molar-refractivity contribution in [1.29, 1.82) is 5.26 Å². The molecule has 5 nitrogen and oxygen atoms in total. The number of allylic oxidation sites excluding steroid dienone is 2. The smallest absolute Gasteiger partial charge is 0.173 e. The molecule has 1 saturated heterocycles. The number of rotatable bonds is 3. The number of aliphatic hydroxyl groups is 1. The fourth-order valence-corrected chi connectivity index (χ4v) is 5.25. The minimum Gasteiger partial charge on any atom is -0.388 e. The molecule has 1 aliphatic heterocycles. The second-order valence-electron chi connectivity index (χ2n) is 7.22. The van der Waals surface area contributed by atoms with Gasteiger partial charge < -0.3 is 14.4 Å². The molecule has 1 aliphatic carbocycles. The summed E-state index contributed by atoms with van der Waals surface area (Å²) in [5, 5.41) is 24.0. The van der Waals surface area contributed by atoms with Gasteiger partial charge in [-0.1, -0.05) is 42.5 Å². The molecule has 2 N–H and O–H groups in total. The maximum absolute atomic E-state index is 13.3. The van der Waals surface area contributed by atoms with Gasteiger partial charge in [-0.05, 0) is 19.9 Å². The largest absolute Gasteiger partial charge is 0.388 e. The average Bonchev–Trinajstić information content (AvgIpc) is 2.59. The van der Waals surface area contributed by atoms with Crippen molar-refractivity contribution in [2.75, 3.05) is 6.66 Å². The molecule has 5 atom stereocenters. The molecular formula is C19H23N2O3P. The zero-order chi connectivity index (χ0) is 18.2. The molecular weight excluding hydrogens is 335 g/mol. The molecule has 3 unspecified atom stereocenters. The molecule has 3 rings (SSSR count). The predicted octanol–water partition coefficient (Wildman–Crippen LogP) is 2.35. The Labute approximate surface area is 148 Å². The summed E-state index contributed by atoms with van der Waals surface area (Å²) in [7, 11) is -2.90. The van der Waals surface area contributed by atoms with Crippen LogP contribution in [0.1, 0.15) is 13.8 Å². The summed E-state index contributed by atoms with van der Waals surface area (Å²) in [6.07, 6.45) is 4.23. The Hall–Kier alpha value is -1.70. The van der Waals surface area contributed by atoms with Crippen LogP contribution in [0.3, 0.4) is 0 Å². The molecule has 0 saturated carbocycles. The van der Waals surface area contributed by atoms with Crippen molar-refractivity contribution < 1.29 is 14.4 Å². The monoisotopic (exact) mass is 358 g/mol. The van der Waals surface area contributed by atoms with Gasteiger partial charge in [-0.15, -0.1) is 0 Å². The van der Waals surface area contributed by atoms with Crippen LogP contribution in [0.5, 0.6) is 0 Å². The first kappa shape index (κ1) is 18.1. The van der Waals surface area contributed by atoms with Crippen LogP contribution in [0.4, 0.5) is 0 Å². The minimum atomic E-state index is -2.90. The van der Waals surface area contributed by atoms with E-state index >= 15 is 0 Å². The van der Waals surface area contributed by atoms with Crippen molar-refractivity contribution in [3.8, 4) is 6.07 Å². The summed E-state index contributed by atoms with van der Waals surface area (Å²) >= 11 is 0. The van der Waals surface area contributed by atoms with E-state index in [1.54, 1.807) is 18.8 Å². The zero-order valence-electron chi connectivity index (χ0n) is 14.6. The molecule has 25 heavy (non-hydrogen) atoms. The van der Waals surface area contributed by atoms with E-state index in [1.165, 1.54) is 0 Å². The van der Waals surface area contributed by atoms with E-state index in [0.29, 0.717) is 10.9 Å². The fourth-order valence-electron chi connectivity index (χ4n) is 3.48. The Balaban J connectivity index is 1.96. The van der Waals surface area contributed by atoms with E-state index < -0.39 is 25.0 Å². The van der Waals surface area contributed by atoms with Gasteiger partial charge in [0.2, 0.25) is 0 Å². The average molecular weight is 358 g/mol. The second kappa shape index (κ2) is 6.55. The van der Waals surface area contributed by atoms with Crippen LogP contribution < -0.4 is 10.4 Å². The number of ether oxygens (including phenoxy) is 1. The lowest BCUT2D eigenvalue weighted by molar-refractivity contribution is -0.182. The lowest BCUT2D eigenvalue weighted by Gasteiger charge is -2.49. The number of fused-ring (bicyclic) bond motifs is 1. The number of nitrogens with zero attached hydrogens (tertiary/aromatic N) is 1. The van der Waals surface area contributed by atoms with Crippen molar-refractivity contribution in [1.82, 2.24) is 5.09 Å². The molecule has 0 bridgehead atoms. The van der Waals surface area contributed by atoms with Crippen LogP contribution >= 0.6 is 7.29 Å². The van der Waals surface area contributed by atoms with Crippen LogP contribution in [0.25, 0.3) is 0 Å². The standard InChI is InChI=1S/C19H23N2O3P/c1-19(2)18(22)17(15-11-13(12-20)9-10-16(15)24-19)21-25(3,23)14-7-5-4-6-8-14/h4-11,15-18,22H,1-3H3,(H,21,23)/t15?,16?,17-,18+,25?/m1/s1. The SMILES string of the molecule is CC1(C)OC2C=CC(C#N)=CC2[C@@H](NP(C)(=O)c2ccccc2)[C@@H]1O. The van der Waals surface area contributed by atoms with Crippen molar-refractivity contribution in [2.24, 2.45) is 5.92 Å². The molecule has 132 valence electrons. The van der Waals surface area contributed by atoms with E-state index in [4.69, 9.17) is 4.74 Å². The first-order valence-corrected chi connectivity index (χ1v) is 10.5. The van der Waals surface area contributed by atoms with Crippen LogP contribution in [-0.4, -0.2) is 35.6 Å². The highest BCUT2D eigenvalue weighted by atomic mass is 31.2. The van der Waals surface area contributed by atoms with Crippen LogP contribution in [0, 0.1) is 17.2 Å². The van der Waals surface area contributed by atoms with E-state index in [1.807, 2.05) is 50.3 Å². The number of hydrogen-bond donors (Lipinski definition) is 2. The minimum absolute atomic E-state index is 0.264. The van der Waals surface area contributed by atoms with Crippen LogP contribution in [0.2, 0.25) is 0 Å². The molecule has 1 aromatic rings. The quantitative estimate of drug-likeness (QED) is 0.811. The van der Waals surface area contributed by atoms with Crippen LogP contribution in [-0.2, 0) is 9.30 Å². The van der Waals surface area contributed by atoms with Gasteiger partial charge in [-0.2, -0.15) is 5.26 Å². The molecule has 2 aliphatic rings. The van der Waals surface area contributed by atoms with Gasteiger partial charge in [0.15, 0.2) is 7.29 Å². The molecule has 0 amide bonds. The molecule has 0 aromatic heterocycles. The first-order valence-electron chi connectivity index (χ1n) is 8.31. The number of hydrogen-bond acceptors (Lipinski definition) is 4. The predicted molar refractivity (Wildman–Crippen MR) is 97.8 cm³/mol. The number of aliphatic hydroxyl groups excluding tert-OH is 1. The van der Waals surface area contributed by atoms with Crippen molar-refractivity contribution >= 4 is 12.6 Å². The third-order valence-corrected chi connectivity index (χ3v) is 6.97. The molecule has 6 heteroatoms. The third-order valence-electron chi connectivity index (χ3n) is 4.90. The summed E-state index contributed by atoms with van der Waals surface area (Å²) in [4.78, 5) is 0. The molecule has 0 radical (unpaired) electrons. The van der Waals surface area contributed by atoms with Gasteiger partial charge in [0.1, 0.15) is 0 Å². The summed E-state index contributed by atoms with van der Waals surface area (Å²) in [5.74, 6) is -0.264. The lowest BCUT2D eigenvalue weighted by atomic mass is 9.77. The fraction of sp³-hybridized carbons (Fsp3) is 0.421. The topological polar surface area (TPSA) is 82.3 Å². The van der Waals surface area contributed by atoms with Gasteiger partial charge in [-0.3, -0.25) is 5.09 Å². The van der Waals surface area contributed by atoms with E-state index in [-0.39, 0.29) is 12.0 Å². The van der Waals surface area contributed by atoms with E-state index in [0.717, 1.165) is 0 Å². The van der Waals surface area contributed by atoms with Gasteiger partial charge in [0, 0.05) is 23.5 Å². The highest BCUT2D eigenvalue weighted by molar-refractivity contribution is 7.69. The Bertz CT molecular complexity index is 795. The Morgan fingerprint density at radius 1 is 1.32 bits per heavy atom. The Kier molecular flexibility index (Phi) is 4.74. The summed E-state index contributed by atoms with van der Waals surface area (Å²) in [6, 6.07) is 10.8.